The lowest BCUT2D eigenvalue weighted by atomic mass is 10.1. The Morgan fingerprint density at radius 3 is 2.76 bits per heavy atom. The highest BCUT2D eigenvalue weighted by molar-refractivity contribution is 5.97. The van der Waals surface area contributed by atoms with Crippen molar-refractivity contribution < 1.29 is 19.4 Å². The van der Waals surface area contributed by atoms with Gasteiger partial charge in [-0.2, -0.15) is 0 Å². The van der Waals surface area contributed by atoms with Gasteiger partial charge >= 0.3 is 5.97 Å². The summed E-state index contributed by atoms with van der Waals surface area (Å²) < 4.78 is 4.95. The number of methoxy groups -OCH3 is 1. The maximum absolute atomic E-state index is 11.7. The minimum absolute atomic E-state index is 0.260. The number of carbonyl (C=O) groups is 2. The van der Waals surface area contributed by atoms with Crippen LogP contribution in [0.15, 0.2) is 18.2 Å². The highest BCUT2D eigenvalue weighted by Crippen LogP contribution is 2.14. The fourth-order valence-electron chi connectivity index (χ4n) is 1.34. The number of nitrogen functional groups attached to an aromatic ring is 1. The maximum atomic E-state index is 11.7. The van der Waals surface area contributed by atoms with Crippen molar-refractivity contribution >= 4 is 17.6 Å². The van der Waals surface area contributed by atoms with E-state index in [9.17, 15) is 9.59 Å². The van der Waals surface area contributed by atoms with E-state index in [1.807, 2.05) is 0 Å². The highest BCUT2D eigenvalue weighted by atomic mass is 16.5. The SMILES string of the molecule is COCc1ccc(N)cc1C(=O)NCC(=O)O. The van der Waals surface area contributed by atoms with Crippen LogP contribution in [0.4, 0.5) is 5.69 Å². The van der Waals surface area contributed by atoms with Crippen LogP contribution in [0.3, 0.4) is 0 Å². The Morgan fingerprint density at radius 1 is 1.47 bits per heavy atom. The zero-order valence-electron chi connectivity index (χ0n) is 9.40. The maximum Gasteiger partial charge on any atom is 0.322 e. The summed E-state index contributed by atoms with van der Waals surface area (Å²) in [5.41, 5.74) is 7.00. The van der Waals surface area contributed by atoms with Gasteiger partial charge in [-0.3, -0.25) is 9.59 Å². The average molecular weight is 238 g/mol. The Labute approximate surface area is 98.4 Å². The first-order valence-corrected chi connectivity index (χ1v) is 4.92. The molecule has 0 aliphatic heterocycles. The number of carboxylic acids is 1. The Hall–Kier alpha value is -2.08. The molecule has 0 heterocycles. The average Bonchev–Trinajstić information content (AvgIpc) is 2.28. The van der Waals surface area contributed by atoms with Gasteiger partial charge in [0, 0.05) is 18.4 Å². The van der Waals surface area contributed by atoms with Crippen LogP contribution in [0, 0.1) is 0 Å². The van der Waals surface area contributed by atoms with Crippen molar-refractivity contribution in [3.63, 3.8) is 0 Å². The number of ether oxygens (including phenoxy) is 1. The van der Waals surface area contributed by atoms with Gasteiger partial charge in [0.05, 0.1) is 6.61 Å². The third-order valence-corrected chi connectivity index (χ3v) is 2.08. The molecule has 92 valence electrons. The molecular formula is C11H14N2O4. The lowest BCUT2D eigenvalue weighted by molar-refractivity contribution is -0.135. The fraction of sp³-hybridized carbons (Fsp3) is 0.273. The Kier molecular flexibility index (Phi) is 4.47. The first-order valence-electron chi connectivity index (χ1n) is 4.92. The summed E-state index contributed by atoms with van der Waals surface area (Å²) in [4.78, 5) is 22.1. The number of amides is 1. The number of nitrogens with one attached hydrogen (secondary N) is 1. The normalized spacial score (nSPS) is 9.94. The molecule has 0 aliphatic carbocycles. The molecule has 6 nitrogen and oxygen atoms in total. The van der Waals surface area contributed by atoms with Crippen LogP contribution in [0.5, 0.6) is 0 Å². The van der Waals surface area contributed by atoms with Crippen LogP contribution >= 0.6 is 0 Å². The van der Waals surface area contributed by atoms with Crippen molar-refractivity contribution in [2.24, 2.45) is 0 Å². The van der Waals surface area contributed by atoms with Gasteiger partial charge in [-0.05, 0) is 17.7 Å². The highest BCUT2D eigenvalue weighted by Gasteiger charge is 2.12. The second kappa shape index (κ2) is 5.86. The van der Waals surface area contributed by atoms with Gasteiger partial charge in [-0.1, -0.05) is 6.07 Å². The quantitative estimate of drug-likeness (QED) is 0.637. The third kappa shape index (κ3) is 3.76. The molecule has 0 radical (unpaired) electrons. The summed E-state index contributed by atoms with van der Waals surface area (Å²) in [6.07, 6.45) is 0. The van der Waals surface area contributed by atoms with Gasteiger partial charge in [-0.25, -0.2) is 0 Å². The van der Waals surface area contributed by atoms with E-state index >= 15 is 0 Å². The molecule has 6 heteroatoms. The standard InChI is InChI=1S/C11H14N2O4/c1-17-6-7-2-3-8(12)4-9(7)11(16)13-5-10(14)15/h2-4H,5-6,12H2,1H3,(H,13,16)(H,14,15). The number of carboxylic acid groups (broad SMARTS) is 1. The monoisotopic (exact) mass is 238 g/mol. The van der Waals surface area contributed by atoms with E-state index < -0.39 is 18.4 Å². The summed E-state index contributed by atoms with van der Waals surface area (Å²) >= 11 is 0. The largest absolute Gasteiger partial charge is 0.480 e. The van der Waals surface area contributed by atoms with Crippen molar-refractivity contribution in [1.82, 2.24) is 5.32 Å². The molecule has 0 saturated heterocycles. The second-order valence-corrected chi connectivity index (χ2v) is 3.43. The first-order chi connectivity index (χ1) is 8.04. The van der Waals surface area contributed by atoms with E-state index in [0.29, 0.717) is 16.8 Å². The topological polar surface area (TPSA) is 102 Å². The molecule has 0 bridgehead atoms. The van der Waals surface area contributed by atoms with Crippen LogP contribution < -0.4 is 11.1 Å². The molecule has 0 atom stereocenters. The van der Waals surface area contributed by atoms with Crippen molar-refractivity contribution in [3.05, 3.63) is 29.3 Å². The summed E-state index contributed by atoms with van der Waals surface area (Å²) in [6.45, 7) is -0.170. The molecule has 1 aromatic carbocycles. The van der Waals surface area contributed by atoms with Gasteiger partial charge in [0.15, 0.2) is 0 Å². The van der Waals surface area contributed by atoms with Crippen LogP contribution in [-0.4, -0.2) is 30.6 Å². The van der Waals surface area contributed by atoms with Gasteiger partial charge in [0.1, 0.15) is 6.54 Å². The summed E-state index contributed by atoms with van der Waals surface area (Å²) in [7, 11) is 1.51. The number of aliphatic carboxylic acids is 1. The smallest absolute Gasteiger partial charge is 0.322 e. The summed E-state index contributed by atoms with van der Waals surface area (Å²) in [5, 5.41) is 10.7. The van der Waals surface area contributed by atoms with Crippen molar-refractivity contribution in [2.45, 2.75) is 6.61 Å². The van der Waals surface area contributed by atoms with Crippen LogP contribution in [0.1, 0.15) is 15.9 Å². The van der Waals surface area contributed by atoms with Gasteiger partial charge < -0.3 is 20.9 Å². The van der Waals surface area contributed by atoms with E-state index in [-0.39, 0.29) is 6.61 Å². The Bertz CT molecular complexity index is 431. The summed E-state index contributed by atoms with van der Waals surface area (Å²) in [5.74, 6) is -1.58. The zero-order chi connectivity index (χ0) is 12.8. The van der Waals surface area contributed by atoms with Gasteiger partial charge in [0.2, 0.25) is 0 Å². The lowest BCUT2D eigenvalue weighted by Gasteiger charge is -2.09. The number of hydrogen-bond donors (Lipinski definition) is 3. The predicted molar refractivity (Wildman–Crippen MR) is 61.5 cm³/mol. The lowest BCUT2D eigenvalue weighted by Crippen LogP contribution is -2.30. The molecule has 1 rings (SSSR count). The zero-order valence-corrected chi connectivity index (χ0v) is 9.40. The van der Waals surface area contributed by atoms with Gasteiger partial charge in [0.25, 0.3) is 5.91 Å². The number of hydrogen-bond acceptors (Lipinski definition) is 4. The molecular weight excluding hydrogens is 224 g/mol. The molecule has 0 aromatic heterocycles. The van der Waals surface area contributed by atoms with E-state index in [4.69, 9.17) is 15.6 Å². The predicted octanol–water partition coefficient (Wildman–Crippen LogP) is 0.230. The molecule has 0 unspecified atom stereocenters. The molecule has 1 aromatic rings. The Morgan fingerprint density at radius 2 is 2.18 bits per heavy atom. The molecule has 0 saturated carbocycles. The van der Waals surface area contributed by atoms with E-state index in [1.54, 1.807) is 12.1 Å². The summed E-state index contributed by atoms with van der Waals surface area (Å²) in [6, 6.07) is 4.82. The van der Waals surface area contributed by atoms with Crippen molar-refractivity contribution in [1.29, 1.82) is 0 Å². The van der Waals surface area contributed by atoms with Crippen LogP contribution in [-0.2, 0) is 16.1 Å². The second-order valence-electron chi connectivity index (χ2n) is 3.43. The van der Waals surface area contributed by atoms with E-state index in [1.165, 1.54) is 13.2 Å². The van der Waals surface area contributed by atoms with Crippen LogP contribution in [0.25, 0.3) is 0 Å². The minimum Gasteiger partial charge on any atom is -0.480 e. The first kappa shape index (κ1) is 13.0. The molecule has 0 spiro atoms. The molecule has 1 amide bonds. The van der Waals surface area contributed by atoms with Crippen molar-refractivity contribution in [3.8, 4) is 0 Å². The van der Waals surface area contributed by atoms with Gasteiger partial charge in [-0.15, -0.1) is 0 Å². The minimum atomic E-state index is -1.10. The fourth-order valence-corrected chi connectivity index (χ4v) is 1.34. The third-order valence-electron chi connectivity index (χ3n) is 2.08. The molecule has 4 N–H and O–H groups in total. The molecule has 0 aliphatic rings. The van der Waals surface area contributed by atoms with Crippen LogP contribution in [0.2, 0.25) is 0 Å². The van der Waals surface area contributed by atoms with E-state index in [2.05, 4.69) is 5.32 Å². The number of carbonyl (C=O) groups excluding carboxylic acids is 1. The number of nitrogens with two attached hydrogens (primary N) is 1. The number of benzene rings is 1. The molecule has 0 fully saturated rings. The number of rotatable bonds is 5. The molecule has 17 heavy (non-hydrogen) atoms. The van der Waals surface area contributed by atoms with Crippen molar-refractivity contribution in [2.75, 3.05) is 19.4 Å². The number of anilines is 1. The van der Waals surface area contributed by atoms with E-state index in [0.717, 1.165) is 0 Å². The Balaban J connectivity index is 2.89.